The number of hydrogen-bond acceptors (Lipinski definition) is 6. The summed E-state index contributed by atoms with van der Waals surface area (Å²) >= 11 is 1.34. The van der Waals surface area contributed by atoms with E-state index in [0.29, 0.717) is 29.8 Å². The molecule has 0 saturated carbocycles. The molecular formula is C20H23N5O2S. The molecule has 8 heteroatoms. The molecule has 28 heavy (non-hydrogen) atoms. The maximum Gasteiger partial charge on any atom is 0.230 e. The largest absolute Gasteiger partial charge is 0.461 e. The van der Waals surface area contributed by atoms with Gasteiger partial charge < -0.3 is 14.6 Å². The molecule has 0 fully saturated rings. The number of hydrogen-bond donors (Lipinski definition) is 1. The lowest BCUT2D eigenvalue weighted by Gasteiger charge is -2.13. The van der Waals surface area contributed by atoms with Gasteiger partial charge in [0.2, 0.25) is 11.7 Å². The van der Waals surface area contributed by atoms with Crippen LogP contribution in [0, 0.1) is 0 Å². The molecule has 0 aliphatic rings. The molecule has 0 spiro atoms. The van der Waals surface area contributed by atoms with E-state index in [0.717, 1.165) is 11.3 Å². The number of allylic oxidation sites excluding steroid dienone is 1. The number of furan rings is 1. The second-order valence-corrected chi connectivity index (χ2v) is 7.25. The molecule has 0 saturated heterocycles. The van der Waals surface area contributed by atoms with E-state index in [1.807, 2.05) is 53.9 Å². The Balaban J connectivity index is 1.56. The third kappa shape index (κ3) is 4.83. The second-order valence-electron chi connectivity index (χ2n) is 6.31. The molecule has 2 aromatic heterocycles. The lowest BCUT2D eigenvalue weighted by atomic mass is 10.2. The van der Waals surface area contributed by atoms with Gasteiger partial charge in [0.05, 0.1) is 12.0 Å². The van der Waals surface area contributed by atoms with E-state index in [4.69, 9.17) is 4.42 Å². The highest BCUT2D eigenvalue weighted by atomic mass is 32.2. The average Bonchev–Trinajstić information content (AvgIpc) is 3.35. The van der Waals surface area contributed by atoms with Gasteiger partial charge in [-0.15, -0.1) is 16.8 Å². The number of carbonyl (C=O) groups is 1. The highest BCUT2D eigenvalue weighted by Crippen LogP contribution is 2.24. The molecule has 7 nitrogen and oxygen atoms in total. The van der Waals surface area contributed by atoms with E-state index in [2.05, 4.69) is 22.1 Å². The van der Waals surface area contributed by atoms with Crippen LogP contribution in [0.3, 0.4) is 0 Å². The predicted octanol–water partition coefficient (Wildman–Crippen LogP) is 3.20. The van der Waals surface area contributed by atoms with Crippen molar-refractivity contribution < 1.29 is 9.21 Å². The SMILES string of the molecule is C=CCn1c(SCC(=O)NCc2ccc(N(C)C)cc2)nnc1-c1ccco1. The lowest BCUT2D eigenvalue weighted by Crippen LogP contribution is -2.24. The maximum absolute atomic E-state index is 12.2. The van der Waals surface area contributed by atoms with E-state index >= 15 is 0 Å². The average molecular weight is 398 g/mol. The van der Waals surface area contributed by atoms with Crippen molar-refractivity contribution in [3.63, 3.8) is 0 Å². The van der Waals surface area contributed by atoms with E-state index < -0.39 is 0 Å². The van der Waals surface area contributed by atoms with Crippen molar-refractivity contribution in [1.82, 2.24) is 20.1 Å². The number of amides is 1. The first kappa shape index (κ1) is 19.8. The van der Waals surface area contributed by atoms with Crippen molar-refractivity contribution >= 4 is 23.4 Å². The summed E-state index contributed by atoms with van der Waals surface area (Å²) in [6, 6.07) is 11.7. The summed E-state index contributed by atoms with van der Waals surface area (Å²) in [5.74, 6) is 1.44. The molecule has 3 rings (SSSR count). The summed E-state index contributed by atoms with van der Waals surface area (Å²) in [4.78, 5) is 14.3. The molecule has 0 unspecified atom stereocenters. The van der Waals surface area contributed by atoms with Crippen LogP contribution >= 0.6 is 11.8 Å². The second kappa shape index (κ2) is 9.27. The van der Waals surface area contributed by atoms with Gasteiger partial charge in [-0.3, -0.25) is 9.36 Å². The Morgan fingerprint density at radius 2 is 2.07 bits per heavy atom. The summed E-state index contributed by atoms with van der Waals surface area (Å²) in [6.07, 6.45) is 3.35. The molecular weight excluding hydrogens is 374 g/mol. The fourth-order valence-electron chi connectivity index (χ4n) is 2.57. The summed E-state index contributed by atoms with van der Waals surface area (Å²) in [5, 5.41) is 12.0. The standard InChI is InChI=1S/C20H23N5O2S/c1-4-11-25-19(17-6-5-12-27-17)22-23-20(25)28-14-18(26)21-13-15-7-9-16(10-8-15)24(2)3/h4-10,12H,1,11,13-14H2,2-3H3,(H,21,26). The third-order valence-electron chi connectivity index (χ3n) is 4.04. The van der Waals surface area contributed by atoms with Crippen molar-refractivity contribution in [3.05, 3.63) is 60.9 Å². The zero-order chi connectivity index (χ0) is 19.9. The van der Waals surface area contributed by atoms with E-state index in [1.165, 1.54) is 11.8 Å². The molecule has 1 amide bonds. The fraction of sp³-hybridized carbons (Fsp3) is 0.250. The normalized spacial score (nSPS) is 10.6. The first-order chi connectivity index (χ1) is 13.6. The van der Waals surface area contributed by atoms with Crippen LogP contribution < -0.4 is 10.2 Å². The fourth-order valence-corrected chi connectivity index (χ4v) is 3.35. The Morgan fingerprint density at radius 3 is 2.71 bits per heavy atom. The summed E-state index contributed by atoms with van der Waals surface area (Å²) in [5.41, 5.74) is 2.18. The van der Waals surface area contributed by atoms with Crippen LogP contribution in [-0.4, -0.2) is 40.5 Å². The first-order valence-electron chi connectivity index (χ1n) is 8.82. The summed E-state index contributed by atoms with van der Waals surface area (Å²) in [7, 11) is 3.99. The number of nitrogens with zero attached hydrogens (tertiary/aromatic N) is 4. The van der Waals surface area contributed by atoms with Crippen LogP contribution in [0.5, 0.6) is 0 Å². The van der Waals surface area contributed by atoms with Crippen LogP contribution in [0.25, 0.3) is 11.6 Å². The van der Waals surface area contributed by atoms with Crippen molar-refractivity contribution in [2.75, 3.05) is 24.7 Å². The van der Waals surface area contributed by atoms with Gasteiger partial charge in [-0.05, 0) is 29.8 Å². The number of benzene rings is 1. The van der Waals surface area contributed by atoms with Gasteiger partial charge in [0, 0.05) is 32.9 Å². The Kier molecular flexibility index (Phi) is 6.54. The Hall–Kier alpha value is -3.00. The lowest BCUT2D eigenvalue weighted by molar-refractivity contribution is -0.118. The molecule has 1 N–H and O–H groups in total. The number of nitrogens with one attached hydrogen (secondary N) is 1. The van der Waals surface area contributed by atoms with Gasteiger partial charge in [0.25, 0.3) is 0 Å². The first-order valence-corrected chi connectivity index (χ1v) is 9.80. The van der Waals surface area contributed by atoms with Gasteiger partial charge in [-0.25, -0.2) is 0 Å². The van der Waals surface area contributed by atoms with Gasteiger partial charge in [-0.2, -0.15) is 0 Å². The third-order valence-corrected chi connectivity index (χ3v) is 5.01. The van der Waals surface area contributed by atoms with Gasteiger partial charge >= 0.3 is 0 Å². The summed E-state index contributed by atoms with van der Waals surface area (Å²) < 4.78 is 7.29. The monoisotopic (exact) mass is 397 g/mol. The Bertz CT molecular complexity index is 917. The minimum Gasteiger partial charge on any atom is -0.461 e. The summed E-state index contributed by atoms with van der Waals surface area (Å²) in [6.45, 7) is 4.80. The molecule has 0 aliphatic heterocycles. The predicted molar refractivity (Wildman–Crippen MR) is 111 cm³/mol. The van der Waals surface area contributed by atoms with Crippen LogP contribution in [0.2, 0.25) is 0 Å². The maximum atomic E-state index is 12.2. The van der Waals surface area contributed by atoms with Crippen molar-refractivity contribution in [3.8, 4) is 11.6 Å². The number of thioether (sulfide) groups is 1. The highest BCUT2D eigenvalue weighted by Gasteiger charge is 2.16. The van der Waals surface area contributed by atoms with Crippen molar-refractivity contribution in [2.24, 2.45) is 0 Å². The molecule has 146 valence electrons. The molecule has 0 aliphatic carbocycles. The van der Waals surface area contributed by atoms with Crippen molar-refractivity contribution in [2.45, 2.75) is 18.2 Å². The minimum atomic E-state index is -0.0608. The number of anilines is 1. The van der Waals surface area contributed by atoms with Crippen LogP contribution in [-0.2, 0) is 17.9 Å². The number of aromatic nitrogens is 3. The number of rotatable bonds is 9. The number of carbonyl (C=O) groups excluding carboxylic acids is 1. The minimum absolute atomic E-state index is 0.0608. The Labute approximate surface area is 168 Å². The topological polar surface area (TPSA) is 76.2 Å². The quantitative estimate of drug-likeness (QED) is 0.441. The zero-order valence-corrected chi connectivity index (χ0v) is 16.8. The van der Waals surface area contributed by atoms with Crippen LogP contribution in [0.15, 0.2) is 64.9 Å². The molecule has 0 atom stereocenters. The van der Waals surface area contributed by atoms with Crippen LogP contribution in [0.4, 0.5) is 5.69 Å². The van der Waals surface area contributed by atoms with Gasteiger partial charge in [-0.1, -0.05) is 30.0 Å². The van der Waals surface area contributed by atoms with Gasteiger partial charge in [0.1, 0.15) is 0 Å². The highest BCUT2D eigenvalue weighted by molar-refractivity contribution is 7.99. The van der Waals surface area contributed by atoms with E-state index in [-0.39, 0.29) is 11.7 Å². The van der Waals surface area contributed by atoms with Crippen molar-refractivity contribution in [1.29, 1.82) is 0 Å². The smallest absolute Gasteiger partial charge is 0.230 e. The molecule has 1 aromatic carbocycles. The molecule has 0 radical (unpaired) electrons. The van der Waals surface area contributed by atoms with E-state index in [1.54, 1.807) is 18.4 Å². The Morgan fingerprint density at radius 1 is 1.29 bits per heavy atom. The van der Waals surface area contributed by atoms with Crippen LogP contribution in [0.1, 0.15) is 5.56 Å². The molecule has 3 aromatic rings. The molecule has 0 bridgehead atoms. The van der Waals surface area contributed by atoms with E-state index in [9.17, 15) is 4.79 Å². The zero-order valence-electron chi connectivity index (χ0n) is 16.0. The molecule has 2 heterocycles. The van der Waals surface area contributed by atoms with Gasteiger partial charge in [0.15, 0.2) is 10.9 Å².